The van der Waals surface area contributed by atoms with Crippen molar-refractivity contribution in [3.8, 4) is 0 Å². The number of esters is 1. The Morgan fingerprint density at radius 2 is 2.00 bits per heavy atom. The van der Waals surface area contributed by atoms with E-state index in [1.54, 1.807) is 0 Å². The largest absolute Gasteiger partial charge is 0.481 e. The number of hydrogen-bond acceptors (Lipinski definition) is 5. The van der Waals surface area contributed by atoms with Crippen molar-refractivity contribution in [2.75, 3.05) is 20.7 Å². The highest BCUT2D eigenvalue weighted by Crippen LogP contribution is 2.32. The third-order valence-corrected chi connectivity index (χ3v) is 5.83. The molecule has 1 rings (SSSR count). The van der Waals surface area contributed by atoms with Crippen LogP contribution in [0.5, 0.6) is 0 Å². The van der Waals surface area contributed by atoms with E-state index in [1.807, 2.05) is 0 Å². The third-order valence-electron chi connectivity index (χ3n) is 3.45. The zero-order valence-corrected chi connectivity index (χ0v) is 11.9. The van der Waals surface area contributed by atoms with Gasteiger partial charge in [-0.2, -0.15) is 0 Å². The molecule has 0 heterocycles. The molecule has 0 saturated heterocycles. The number of carbonyl (C=O) groups is 2. The number of nitrogens with zero attached hydrogens (tertiary/aromatic N) is 1. The van der Waals surface area contributed by atoms with Crippen molar-refractivity contribution in [2.45, 2.75) is 30.9 Å². The molecule has 0 aliphatic heterocycles. The van der Waals surface area contributed by atoms with Crippen LogP contribution in [0.3, 0.4) is 0 Å². The molecule has 1 saturated carbocycles. The van der Waals surface area contributed by atoms with Gasteiger partial charge in [0.15, 0.2) is 0 Å². The monoisotopic (exact) mass is 293 g/mol. The minimum Gasteiger partial charge on any atom is -0.481 e. The molecule has 0 aromatic carbocycles. The summed E-state index contributed by atoms with van der Waals surface area (Å²) in [6.45, 7) is -0.00214. The molecule has 19 heavy (non-hydrogen) atoms. The van der Waals surface area contributed by atoms with Crippen molar-refractivity contribution in [1.82, 2.24) is 4.31 Å². The zero-order valence-electron chi connectivity index (χ0n) is 11.0. The summed E-state index contributed by atoms with van der Waals surface area (Å²) in [5.74, 6) is -2.43. The Morgan fingerprint density at radius 1 is 1.37 bits per heavy atom. The fourth-order valence-corrected chi connectivity index (χ4v) is 4.21. The van der Waals surface area contributed by atoms with Gasteiger partial charge >= 0.3 is 11.9 Å². The van der Waals surface area contributed by atoms with Crippen LogP contribution in [0.15, 0.2) is 0 Å². The Kier molecular flexibility index (Phi) is 5.30. The van der Waals surface area contributed by atoms with Gasteiger partial charge in [0.05, 0.1) is 24.7 Å². The molecule has 0 radical (unpaired) electrons. The van der Waals surface area contributed by atoms with E-state index in [1.165, 1.54) is 14.2 Å². The van der Waals surface area contributed by atoms with Crippen molar-refractivity contribution in [3.05, 3.63) is 0 Å². The predicted molar refractivity (Wildman–Crippen MR) is 66.9 cm³/mol. The van der Waals surface area contributed by atoms with Crippen LogP contribution in [-0.2, 0) is 24.3 Å². The van der Waals surface area contributed by atoms with Gasteiger partial charge < -0.3 is 9.84 Å². The Morgan fingerprint density at radius 3 is 2.53 bits per heavy atom. The van der Waals surface area contributed by atoms with Crippen LogP contribution in [0.1, 0.15) is 25.7 Å². The van der Waals surface area contributed by atoms with E-state index in [0.29, 0.717) is 19.3 Å². The van der Waals surface area contributed by atoms with Gasteiger partial charge in [-0.3, -0.25) is 9.59 Å². The number of methoxy groups -OCH3 is 1. The molecule has 2 unspecified atom stereocenters. The topological polar surface area (TPSA) is 101 Å². The minimum atomic E-state index is -3.69. The van der Waals surface area contributed by atoms with E-state index in [9.17, 15) is 18.0 Å². The quantitative estimate of drug-likeness (QED) is 0.695. The standard InChI is InChI=1S/C11H19NO6S/c1-12(7-6-10(13)18-2)19(16,17)9-5-3-4-8(9)11(14)15/h8-9H,3-7H2,1-2H3,(H,14,15). The maximum atomic E-state index is 12.3. The number of rotatable bonds is 6. The number of aliphatic carboxylic acids is 1. The number of hydrogen-bond donors (Lipinski definition) is 1. The molecule has 1 fully saturated rings. The summed E-state index contributed by atoms with van der Waals surface area (Å²) in [5.41, 5.74) is 0. The van der Waals surface area contributed by atoms with Gasteiger partial charge in [0.2, 0.25) is 10.0 Å². The summed E-state index contributed by atoms with van der Waals surface area (Å²) in [7, 11) is -1.10. The molecule has 0 bridgehead atoms. The van der Waals surface area contributed by atoms with Crippen LogP contribution in [-0.4, -0.2) is 55.7 Å². The second kappa shape index (κ2) is 6.33. The predicted octanol–water partition coefficient (Wildman–Crippen LogP) is 0.0644. The van der Waals surface area contributed by atoms with E-state index < -0.39 is 33.1 Å². The Hall–Kier alpha value is -1.15. The van der Waals surface area contributed by atoms with Gasteiger partial charge in [-0.05, 0) is 12.8 Å². The molecule has 110 valence electrons. The second-order valence-corrected chi connectivity index (χ2v) is 6.87. The maximum Gasteiger partial charge on any atom is 0.307 e. The molecule has 1 aliphatic rings. The summed E-state index contributed by atoms with van der Waals surface area (Å²) in [4.78, 5) is 22.0. The molecule has 1 aliphatic carbocycles. The van der Waals surface area contributed by atoms with Crippen LogP contribution in [0.4, 0.5) is 0 Å². The van der Waals surface area contributed by atoms with Crippen LogP contribution in [0.25, 0.3) is 0 Å². The third kappa shape index (κ3) is 3.66. The lowest BCUT2D eigenvalue weighted by atomic mass is 10.1. The Balaban J connectivity index is 2.74. The van der Waals surface area contributed by atoms with Crippen LogP contribution in [0.2, 0.25) is 0 Å². The highest BCUT2D eigenvalue weighted by atomic mass is 32.2. The van der Waals surface area contributed by atoms with Crippen molar-refractivity contribution in [3.63, 3.8) is 0 Å². The van der Waals surface area contributed by atoms with Gasteiger partial charge in [0.25, 0.3) is 0 Å². The number of sulfonamides is 1. The lowest BCUT2D eigenvalue weighted by Gasteiger charge is -2.23. The summed E-state index contributed by atoms with van der Waals surface area (Å²) < 4.78 is 30.0. The van der Waals surface area contributed by atoms with Crippen molar-refractivity contribution >= 4 is 22.0 Å². The Bertz CT molecular complexity index is 446. The molecular weight excluding hydrogens is 274 g/mol. The smallest absolute Gasteiger partial charge is 0.307 e. The number of carboxylic acid groups (broad SMARTS) is 1. The van der Waals surface area contributed by atoms with Crippen molar-refractivity contribution in [1.29, 1.82) is 0 Å². The normalized spacial score (nSPS) is 23.5. The highest BCUT2D eigenvalue weighted by molar-refractivity contribution is 7.89. The van der Waals surface area contributed by atoms with E-state index in [-0.39, 0.29) is 13.0 Å². The molecule has 0 amide bonds. The summed E-state index contributed by atoms with van der Waals surface area (Å²) in [5, 5.41) is 8.13. The number of carbonyl (C=O) groups excluding carboxylic acids is 1. The average Bonchev–Trinajstić information content (AvgIpc) is 2.85. The molecule has 8 heteroatoms. The van der Waals surface area contributed by atoms with Gasteiger partial charge in [-0.25, -0.2) is 12.7 Å². The Labute approximate surface area is 112 Å². The lowest BCUT2D eigenvalue weighted by molar-refractivity contribution is -0.142. The summed E-state index contributed by atoms with van der Waals surface area (Å²) in [6.07, 6.45) is 1.27. The van der Waals surface area contributed by atoms with Gasteiger partial charge in [-0.15, -0.1) is 0 Å². The highest BCUT2D eigenvalue weighted by Gasteiger charge is 2.43. The van der Waals surface area contributed by atoms with Crippen LogP contribution >= 0.6 is 0 Å². The van der Waals surface area contributed by atoms with Gasteiger partial charge in [-0.1, -0.05) is 6.42 Å². The SMILES string of the molecule is COC(=O)CCN(C)S(=O)(=O)C1CCCC1C(=O)O. The molecule has 0 aromatic heterocycles. The molecule has 0 aromatic rings. The lowest BCUT2D eigenvalue weighted by Crippen LogP contribution is -2.41. The molecule has 7 nitrogen and oxygen atoms in total. The second-order valence-electron chi connectivity index (χ2n) is 4.61. The number of carboxylic acids is 1. The van der Waals surface area contributed by atoms with E-state index in [4.69, 9.17) is 5.11 Å². The molecule has 2 atom stereocenters. The first-order chi connectivity index (χ1) is 8.80. The van der Waals surface area contributed by atoms with Crippen molar-refractivity contribution < 1.29 is 27.9 Å². The first kappa shape index (κ1) is 15.9. The molecule has 0 spiro atoms. The van der Waals surface area contributed by atoms with E-state index >= 15 is 0 Å². The van der Waals surface area contributed by atoms with Gasteiger partial charge in [0, 0.05) is 13.6 Å². The summed E-state index contributed by atoms with van der Waals surface area (Å²) >= 11 is 0. The van der Waals surface area contributed by atoms with Crippen LogP contribution in [0, 0.1) is 5.92 Å². The first-order valence-electron chi connectivity index (χ1n) is 6.05. The van der Waals surface area contributed by atoms with Crippen molar-refractivity contribution in [2.24, 2.45) is 5.92 Å². The maximum absolute atomic E-state index is 12.3. The van der Waals surface area contributed by atoms with E-state index in [2.05, 4.69) is 4.74 Å². The van der Waals surface area contributed by atoms with E-state index in [0.717, 1.165) is 4.31 Å². The number of ether oxygens (including phenoxy) is 1. The van der Waals surface area contributed by atoms with Crippen LogP contribution < -0.4 is 0 Å². The summed E-state index contributed by atoms with van der Waals surface area (Å²) in [6, 6.07) is 0. The fraction of sp³-hybridized carbons (Fsp3) is 0.818. The fourth-order valence-electron chi connectivity index (χ4n) is 2.27. The zero-order chi connectivity index (χ0) is 14.6. The van der Waals surface area contributed by atoms with Gasteiger partial charge in [0.1, 0.15) is 0 Å². The molecule has 1 N–H and O–H groups in total. The first-order valence-corrected chi connectivity index (χ1v) is 7.55. The minimum absolute atomic E-state index is 0.00214. The molecular formula is C11H19NO6S. The average molecular weight is 293 g/mol.